The van der Waals surface area contributed by atoms with Crippen LogP contribution in [0.1, 0.15) is 27.2 Å². The standard InChI is InChI=1S/C17H13BrN2O2S/c18-15-8-7-14(23-15)16-19-13-6-2-1-5-12(13)17(21)20(16)10-11-4-3-9-22-11/h1-9,16,19H,10H2/t16-/m0/s1. The average molecular weight is 389 g/mol. The summed E-state index contributed by atoms with van der Waals surface area (Å²) in [6.45, 7) is 0.424. The molecule has 1 aromatic carbocycles. The van der Waals surface area contributed by atoms with Crippen molar-refractivity contribution in [2.24, 2.45) is 0 Å². The fourth-order valence-electron chi connectivity index (χ4n) is 2.73. The van der Waals surface area contributed by atoms with Crippen molar-refractivity contribution in [2.45, 2.75) is 12.7 Å². The van der Waals surface area contributed by atoms with Crippen LogP contribution in [0.4, 0.5) is 5.69 Å². The van der Waals surface area contributed by atoms with Crippen LogP contribution in [0, 0.1) is 0 Å². The number of benzene rings is 1. The minimum absolute atomic E-state index is 0.00488. The predicted octanol–water partition coefficient (Wildman–Crippen LogP) is 4.87. The second kappa shape index (κ2) is 5.86. The van der Waals surface area contributed by atoms with Crippen molar-refractivity contribution in [2.75, 3.05) is 5.32 Å². The van der Waals surface area contributed by atoms with Gasteiger partial charge in [-0.15, -0.1) is 11.3 Å². The first-order chi connectivity index (χ1) is 11.2. The van der Waals surface area contributed by atoms with Crippen molar-refractivity contribution in [1.29, 1.82) is 0 Å². The predicted molar refractivity (Wildman–Crippen MR) is 93.4 cm³/mol. The smallest absolute Gasteiger partial charge is 0.258 e. The molecule has 0 saturated heterocycles. The van der Waals surface area contributed by atoms with Crippen molar-refractivity contribution in [3.63, 3.8) is 0 Å². The van der Waals surface area contributed by atoms with Crippen LogP contribution in [0.2, 0.25) is 0 Å². The number of furan rings is 1. The zero-order valence-electron chi connectivity index (χ0n) is 12.0. The number of para-hydroxylation sites is 1. The quantitative estimate of drug-likeness (QED) is 0.695. The molecule has 1 N–H and O–H groups in total. The molecule has 4 nitrogen and oxygen atoms in total. The lowest BCUT2D eigenvalue weighted by molar-refractivity contribution is 0.0654. The minimum Gasteiger partial charge on any atom is -0.467 e. The summed E-state index contributed by atoms with van der Waals surface area (Å²) in [6, 6.07) is 15.3. The average Bonchev–Trinajstić information content (AvgIpc) is 3.21. The Hall–Kier alpha value is -2.05. The lowest BCUT2D eigenvalue weighted by Crippen LogP contribution is -2.42. The summed E-state index contributed by atoms with van der Waals surface area (Å²) in [6.07, 6.45) is 1.42. The van der Waals surface area contributed by atoms with Gasteiger partial charge in [-0.1, -0.05) is 12.1 Å². The number of rotatable bonds is 3. The number of nitrogens with zero attached hydrogens (tertiary/aromatic N) is 1. The highest BCUT2D eigenvalue weighted by molar-refractivity contribution is 9.11. The maximum atomic E-state index is 13.0. The Bertz CT molecular complexity index is 844. The van der Waals surface area contributed by atoms with Crippen LogP contribution in [0.5, 0.6) is 0 Å². The largest absolute Gasteiger partial charge is 0.467 e. The van der Waals surface area contributed by atoms with Gasteiger partial charge in [0.2, 0.25) is 0 Å². The lowest BCUT2D eigenvalue weighted by Gasteiger charge is -2.36. The Morgan fingerprint density at radius 1 is 1.17 bits per heavy atom. The van der Waals surface area contributed by atoms with Crippen LogP contribution in [-0.4, -0.2) is 10.8 Å². The number of hydrogen-bond acceptors (Lipinski definition) is 4. The van der Waals surface area contributed by atoms with E-state index in [2.05, 4.69) is 21.2 Å². The number of hydrogen-bond donors (Lipinski definition) is 1. The fourth-order valence-corrected chi connectivity index (χ4v) is 4.21. The summed E-state index contributed by atoms with van der Waals surface area (Å²) >= 11 is 5.11. The van der Waals surface area contributed by atoms with E-state index in [1.807, 2.05) is 48.5 Å². The highest BCUT2D eigenvalue weighted by Crippen LogP contribution is 2.37. The van der Waals surface area contributed by atoms with Gasteiger partial charge in [-0.25, -0.2) is 0 Å². The van der Waals surface area contributed by atoms with Crippen LogP contribution in [-0.2, 0) is 6.54 Å². The van der Waals surface area contributed by atoms with Crippen LogP contribution >= 0.6 is 27.3 Å². The van der Waals surface area contributed by atoms with E-state index in [-0.39, 0.29) is 12.1 Å². The molecule has 4 rings (SSSR count). The molecular formula is C17H13BrN2O2S. The Balaban J connectivity index is 1.76. The molecule has 0 fully saturated rings. The molecule has 1 aliphatic rings. The molecule has 2 aromatic heterocycles. The van der Waals surface area contributed by atoms with Crippen LogP contribution < -0.4 is 5.32 Å². The first kappa shape index (κ1) is 14.5. The molecular weight excluding hydrogens is 376 g/mol. The molecule has 0 bridgehead atoms. The van der Waals surface area contributed by atoms with E-state index in [4.69, 9.17) is 4.42 Å². The lowest BCUT2D eigenvalue weighted by atomic mass is 10.1. The van der Waals surface area contributed by atoms with Crippen molar-refractivity contribution < 1.29 is 9.21 Å². The van der Waals surface area contributed by atoms with Gasteiger partial charge in [-0.05, 0) is 52.3 Å². The first-order valence-corrected chi connectivity index (χ1v) is 8.77. The zero-order valence-corrected chi connectivity index (χ0v) is 14.4. The van der Waals surface area contributed by atoms with Crippen LogP contribution in [0.25, 0.3) is 0 Å². The van der Waals surface area contributed by atoms with Gasteiger partial charge in [0.1, 0.15) is 11.9 Å². The fraction of sp³-hybridized carbons (Fsp3) is 0.118. The molecule has 6 heteroatoms. The van der Waals surface area contributed by atoms with Crippen molar-refractivity contribution in [3.05, 3.63) is 74.8 Å². The molecule has 1 aliphatic heterocycles. The third kappa shape index (κ3) is 2.68. The van der Waals surface area contributed by atoms with E-state index >= 15 is 0 Å². The zero-order chi connectivity index (χ0) is 15.8. The van der Waals surface area contributed by atoms with E-state index in [9.17, 15) is 4.79 Å². The van der Waals surface area contributed by atoms with E-state index < -0.39 is 0 Å². The number of carbonyl (C=O) groups is 1. The maximum Gasteiger partial charge on any atom is 0.258 e. The van der Waals surface area contributed by atoms with E-state index in [0.717, 1.165) is 20.1 Å². The summed E-state index contributed by atoms with van der Waals surface area (Å²) in [5.74, 6) is 0.769. The van der Waals surface area contributed by atoms with E-state index in [0.29, 0.717) is 12.1 Å². The van der Waals surface area contributed by atoms with E-state index in [1.54, 1.807) is 22.5 Å². The number of carbonyl (C=O) groups excluding carboxylic acids is 1. The SMILES string of the molecule is O=C1c2ccccc2N[C@H](c2ccc(Br)s2)N1Cc1ccco1. The van der Waals surface area contributed by atoms with Gasteiger partial charge in [0.25, 0.3) is 5.91 Å². The van der Waals surface area contributed by atoms with E-state index in [1.165, 1.54) is 0 Å². The molecule has 1 atom stereocenters. The van der Waals surface area contributed by atoms with Crippen molar-refractivity contribution >= 4 is 38.9 Å². The molecule has 1 amide bonds. The van der Waals surface area contributed by atoms with Crippen molar-refractivity contribution in [3.8, 4) is 0 Å². The molecule has 0 radical (unpaired) electrons. The summed E-state index contributed by atoms with van der Waals surface area (Å²) in [5, 5.41) is 3.47. The van der Waals surface area contributed by atoms with Gasteiger partial charge in [-0.2, -0.15) is 0 Å². The second-order valence-corrected chi connectivity index (χ2v) is 7.74. The Morgan fingerprint density at radius 2 is 2.04 bits per heavy atom. The Labute approximate surface area is 145 Å². The molecule has 23 heavy (non-hydrogen) atoms. The summed E-state index contributed by atoms with van der Waals surface area (Å²) in [4.78, 5) is 15.9. The van der Waals surface area contributed by atoms with Gasteiger partial charge in [0.05, 0.1) is 22.2 Å². The molecule has 0 saturated carbocycles. The molecule has 0 aliphatic carbocycles. The van der Waals surface area contributed by atoms with Crippen LogP contribution in [0.3, 0.4) is 0 Å². The number of amides is 1. The Kier molecular flexibility index (Phi) is 3.71. The number of anilines is 1. The Morgan fingerprint density at radius 3 is 2.78 bits per heavy atom. The van der Waals surface area contributed by atoms with Gasteiger partial charge in [-0.3, -0.25) is 4.79 Å². The third-order valence-corrected chi connectivity index (χ3v) is 5.47. The normalized spacial score (nSPS) is 17.0. The highest BCUT2D eigenvalue weighted by atomic mass is 79.9. The molecule has 3 heterocycles. The summed E-state index contributed by atoms with van der Waals surface area (Å²) in [7, 11) is 0. The molecule has 0 spiro atoms. The third-order valence-electron chi connectivity index (χ3n) is 3.79. The second-order valence-electron chi connectivity index (χ2n) is 5.25. The number of halogens is 1. The maximum absolute atomic E-state index is 13.0. The number of fused-ring (bicyclic) bond motifs is 1. The number of thiophene rings is 1. The van der Waals surface area contributed by atoms with Gasteiger partial charge in [0, 0.05) is 10.6 Å². The van der Waals surface area contributed by atoms with Gasteiger partial charge < -0.3 is 14.6 Å². The molecule has 116 valence electrons. The summed E-state index contributed by atoms with van der Waals surface area (Å²) < 4.78 is 6.47. The van der Waals surface area contributed by atoms with Gasteiger partial charge in [0.15, 0.2) is 0 Å². The monoisotopic (exact) mass is 388 g/mol. The summed E-state index contributed by atoms with van der Waals surface area (Å²) in [5.41, 5.74) is 1.55. The van der Waals surface area contributed by atoms with Gasteiger partial charge >= 0.3 is 0 Å². The first-order valence-electron chi connectivity index (χ1n) is 7.16. The topological polar surface area (TPSA) is 45.5 Å². The molecule has 0 unspecified atom stereocenters. The van der Waals surface area contributed by atoms with Crippen LogP contribution in [0.15, 0.2) is 63.0 Å². The molecule has 3 aromatic rings. The highest BCUT2D eigenvalue weighted by Gasteiger charge is 2.34. The number of nitrogens with one attached hydrogen (secondary N) is 1. The van der Waals surface area contributed by atoms with Crippen molar-refractivity contribution in [1.82, 2.24) is 4.90 Å². The minimum atomic E-state index is -0.209.